The molecule has 1 atom stereocenters. The molecule has 38 heavy (non-hydrogen) atoms. The first-order chi connectivity index (χ1) is 17.9. The second kappa shape index (κ2) is 12.0. The number of methoxy groups -OCH3 is 1. The Labute approximate surface area is 225 Å². The third kappa shape index (κ3) is 6.34. The van der Waals surface area contributed by atoms with Crippen LogP contribution in [0.15, 0.2) is 60.7 Å². The molecule has 3 aromatic carbocycles. The van der Waals surface area contributed by atoms with Gasteiger partial charge in [-0.25, -0.2) is 4.39 Å². The summed E-state index contributed by atoms with van der Waals surface area (Å²) in [5.41, 5.74) is 4.09. The Kier molecular flexibility index (Phi) is 9.17. The van der Waals surface area contributed by atoms with E-state index in [1.807, 2.05) is 19.9 Å². The summed E-state index contributed by atoms with van der Waals surface area (Å²) in [5, 5.41) is 3.05. The van der Waals surface area contributed by atoms with Crippen molar-refractivity contribution >= 4 is 21.8 Å². The molecule has 0 heterocycles. The van der Waals surface area contributed by atoms with Crippen LogP contribution in [0.2, 0.25) is 0 Å². The summed E-state index contributed by atoms with van der Waals surface area (Å²) in [6.07, 6.45) is 0. The van der Waals surface area contributed by atoms with E-state index >= 15 is 0 Å². The van der Waals surface area contributed by atoms with Gasteiger partial charge in [0.2, 0.25) is 0 Å². The van der Waals surface area contributed by atoms with Crippen LogP contribution in [-0.4, -0.2) is 39.8 Å². The van der Waals surface area contributed by atoms with Crippen LogP contribution in [0.25, 0.3) is 0 Å². The number of rotatable bonds is 10. The van der Waals surface area contributed by atoms with E-state index in [1.54, 1.807) is 37.4 Å². The number of hydrogen-bond acceptors (Lipinski definition) is 4. The van der Waals surface area contributed by atoms with Crippen molar-refractivity contribution in [2.75, 3.05) is 25.5 Å². The number of nitrogens with one attached hydrogen (secondary N) is 1. The molecule has 0 fully saturated rings. The lowest BCUT2D eigenvalue weighted by atomic mass is 9.93. The molecule has 9 heteroatoms. The molecule has 0 aliphatic rings. The molecule has 0 spiro atoms. The van der Waals surface area contributed by atoms with E-state index in [0.29, 0.717) is 11.1 Å². The van der Waals surface area contributed by atoms with Gasteiger partial charge in [0.05, 0.1) is 25.4 Å². The highest BCUT2D eigenvalue weighted by atomic mass is 32.2. The van der Waals surface area contributed by atoms with Crippen LogP contribution < -0.4 is 14.4 Å². The van der Waals surface area contributed by atoms with Crippen molar-refractivity contribution in [2.24, 2.45) is 0 Å². The summed E-state index contributed by atoms with van der Waals surface area (Å²) in [4.78, 5) is 13.0. The summed E-state index contributed by atoms with van der Waals surface area (Å²) < 4.78 is 48.0. The van der Waals surface area contributed by atoms with Gasteiger partial charge in [-0.15, -0.1) is 0 Å². The number of carbonyl (C=O) groups is 1. The Balaban J connectivity index is 1.81. The first-order valence-electron chi connectivity index (χ1n) is 12.4. The highest BCUT2D eigenvalue weighted by Gasteiger charge is 2.27. The summed E-state index contributed by atoms with van der Waals surface area (Å²) in [6, 6.07) is 16.2. The maximum absolute atomic E-state index is 14.5. The van der Waals surface area contributed by atoms with E-state index in [0.717, 1.165) is 31.1 Å². The predicted molar refractivity (Wildman–Crippen MR) is 149 cm³/mol. The lowest BCUT2D eigenvalue weighted by molar-refractivity contribution is 0.0939. The van der Waals surface area contributed by atoms with E-state index in [4.69, 9.17) is 4.74 Å². The van der Waals surface area contributed by atoms with Crippen LogP contribution in [0.3, 0.4) is 0 Å². The zero-order valence-electron chi connectivity index (χ0n) is 22.9. The Morgan fingerprint density at radius 3 is 2.18 bits per heavy atom. The van der Waals surface area contributed by atoms with Crippen LogP contribution in [-0.2, 0) is 16.8 Å². The van der Waals surface area contributed by atoms with Crippen molar-refractivity contribution in [1.29, 1.82) is 0 Å². The summed E-state index contributed by atoms with van der Waals surface area (Å²) in [5.74, 6) is 0.200. The number of amides is 1. The summed E-state index contributed by atoms with van der Waals surface area (Å²) in [7, 11) is 0.478. The number of halogens is 1. The first kappa shape index (κ1) is 29.1. The fourth-order valence-corrected chi connectivity index (χ4v) is 5.34. The zero-order valence-corrected chi connectivity index (χ0v) is 23.8. The number of hydrogen-bond donors (Lipinski definition) is 1. The van der Waals surface area contributed by atoms with Gasteiger partial charge in [-0.1, -0.05) is 38.1 Å². The smallest absolute Gasteiger partial charge is 0.303 e. The maximum atomic E-state index is 14.5. The van der Waals surface area contributed by atoms with Gasteiger partial charge in [-0.3, -0.25) is 9.10 Å². The van der Waals surface area contributed by atoms with Crippen LogP contribution in [0.4, 0.5) is 10.1 Å². The molecule has 7 nitrogen and oxygen atoms in total. The highest BCUT2D eigenvalue weighted by molar-refractivity contribution is 7.90. The predicted octanol–water partition coefficient (Wildman–Crippen LogP) is 5.57. The van der Waals surface area contributed by atoms with Gasteiger partial charge in [0.15, 0.2) is 0 Å². The minimum absolute atomic E-state index is 0.0486. The molecular formula is C29H36FN3O4S. The molecule has 0 aliphatic carbocycles. The molecule has 204 valence electrons. The molecule has 0 unspecified atom stereocenters. The Morgan fingerprint density at radius 2 is 1.63 bits per heavy atom. The van der Waals surface area contributed by atoms with Crippen LogP contribution >= 0.6 is 0 Å². The normalized spacial score (nSPS) is 12.5. The highest BCUT2D eigenvalue weighted by Crippen LogP contribution is 2.32. The molecule has 3 rings (SSSR count). The number of aryl methyl sites for hydroxylation is 1. The van der Waals surface area contributed by atoms with Gasteiger partial charge in [0, 0.05) is 19.7 Å². The summed E-state index contributed by atoms with van der Waals surface area (Å²) >= 11 is 0. The topological polar surface area (TPSA) is 79.0 Å². The zero-order chi connectivity index (χ0) is 28.2. The van der Waals surface area contributed by atoms with Gasteiger partial charge in [-0.2, -0.15) is 12.7 Å². The number of benzene rings is 3. The van der Waals surface area contributed by atoms with Crippen molar-refractivity contribution in [1.82, 2.24) is 9.62 Å². The molecule has 0 bridgehead atoms. The monoisotopic (exact) mass is 541 g/mol. The van der Waals surface area contributed by atoms with Gasteiger partial charge in [0.25, 0.3) is 5.91 Å². The second-order valence-electron chi connectivity index (χ2n) is 9.75. The van der Waals surface area contributed by atoms with Crippen LogP contribution in [0.5, 0.6) is 5.75 Å². The van der Waals surface area contributed by atoms with E-state index in [2.05, 4.69) is 25.2 Å². The van der Waals surface area contributed by atoms with Crippen LogP contribution in [0, 0.1) is 12.7 Å². The number of nitrogens with zero attached hydrogens (tertiary/aromatic N) is 2. The third-order valence-electron chi connectivity index (χ3n) is 6.46. The Hall–Kier alpha value is -3.43. The van der Waals surface area contributed by atoms with Gasteiger partial charge in [0.1, 0.15) is 11.6 Å². The van der Waals surface area contributed by atoms with Gasteiger partial charge >= 0.3 is 10.2 Å². The Morgan fingerprint density at radius 1 is 1.00 bits per heavy atom. The molecule has 0 aliphatic heterocycles. The molecule has 3 aromatic rings. The van der Waals surface area contributed by atoms with Crippen molar-refractivity contribution in [3.05, 3.63) is 94.3 Å². The maximum Gasteiger partial charge on any atom is 0.303 e. The molecule has 1 N–H and O–H groups in total. The lowest BCUT2D eigenvalue weighted by Gasteiger charge is -2.27. The standard InChI is InChI=1S/C29H36FN3O4S/c1-19(2)24-17-25(20(3)16-28(24)37-7)21(4)31-29(34)23-14-12-22(13-15-23)18-33(38(35,36)32(5)6)27-11-9-8-10-26(27)30/h8-17,19,21H,18H2,1-7H3,(H,31,34)/t21-/m1/s1. The van der Waals surface area contributed by atoms with Gasteiger partial charge < -0.3 is 10.1 Å². The molecule has 0 radical (unpaired) electrons. The van der Waals surface area contributed by atoms with E-state index in [9.17, 15) is 17.6 Å². The van der Waals surface area contributed by atoms with E-state index in [-0.39, 0.29) is 30.1 Å². The van der Waals surface area contributed by atoms with E-state index < -0.39 is 16.0 Å². The molecule has 0 saturated carbocycles. The molecule has 0 saturated heterocycles. The molecular weight excluding hydrogens is 505 g/mol. The van der Waals surface area contributed by atoms with Crippen molar-refractivity contribution < 1.29 is 22.3 Å². The molecule has 0 aromatic heterocycles. The quantitative estimate of drug-likeness (QED) is 0.364. The second-order valence-corrected chi connectivity index (χ2v) is 11.8. The first-order valence-corrected chi connectivity index (χ1v) is 13.8. The Bertz CT molecular complexity index is 1390. The fraction of sp³-hybridized carbons (Fsp3) is 0.345. The average molecular weight is 542 g/mol. The number of carbonyl (C=O) groups excluding carboxylic acids is 1. The fourth-order valence-electron chi connectivity index (χ4n) is 4.24. The SMILES string of the molecule is COc1cc(C)c([C@@H](C)NC(=O)c2ccc(CN(c3ccccc3F)S(=O)(=O)N(C)C)cc2)cc1C(C)C. The molecule has 1 amide bonds. The van der Waals surface area contributed by atoms with Crippen LogP contribution in [0.1, 0.15) is 65.3 Å². The lowest BCUT2D eigenvalue weighted by Crippen LogP contribution is -2.40. The minimum Gasteiger partial charge on any atom is -0.496 e. The van der Waals surface area contributed by atoms with Gasteiger partial charge in [-0.05, 0) is 78.4 Å². The van der Waals surface area contributed by atoms with Crippen molar-refractivity contribution in [3.8, 4) is 5.75 Å². The van der Waals surface area contributed by atoms with E-state index in [1.165, 1.54) is 32.3 Å². The van der Waals surface area contributed by atoms with Crippen molar-refractivity contribution in [3.63, 3.8) is 0 Å². The van der Waals surface area contributed by atoms with Crippen molar-refractivity contribution in [2.45, 2.75) is 46.2 Å². The number of para-hydroxylation sites is 1. The minimum atomic E-state index is -3.97. The average Bonchev–Trinajstić information content (AvgIpc) is 2.87. The number of anilines is 1. The third-order valence-corrected chi connectivity index (χ3v) is 8.26. The number of ether oxygens (including phenoxy) is 1. The summed E-state index contributed by atoms with van der Waals surface area (Å²) in [6.45, 7) is 8.02. The largest absolute Gasteiger partial charge is 0.496 e.